The van der Waals surface area contributed by atoms with Gasteiger partial charge in [0.25, 0.3) is 21.0 Å². The van der Waals surface area contributed by atoms with E-state index in [1.54, 1.807) is 49.4 Å². The van der Waals surface area contributed by atoms with Crippen LogP contribution in [0.5, 0.6) is 23.1 Å². The second kappa shape index (κ2) is 16.7. The molecule has 4 rings (SSSR count). The number of pyridine rings is 2. The molecule has 0 saturated heterocycles. The highest BCUT2D eigenvalue weighted by Gasteiger charge is 2.35. The lowest BCUT2D eigenvalue weighted by atomic mass is 10.2. The standard InChI is InChI=1S/C29H30N6O12S/c1-20-8-9-24(31-18-20)48(39,40)34(19-45-29(36)44-16-14-43-15-17-46-35(37)38)27-25(47-23-7-5-4-6-22(23)41-2)28(42-3)33-26(32-27)21-10-12-30-13-11-21/h4-13,18H,14-17,19H2,1-3H3. The van der Waals surface area contributed by atoms with Gasteiger partial charge in [-0.15, -0.1) is 10.1 Å². The minimum absolute atomic E-state index is 0.0227. The molecule has 0 spiro atoms. The predicted octanol–water partition coefficient (Wildman–Crippen LogP) is 3.58. The van der Waals surface area contributed by atoms with E-state index in [0.29, 0.717) is 21.2 Å². The molecule has 0 atom stereocenters. The van der Waals surface area contributed by atoms with E-state index in [2.05, 4.69) is 24.8 Å². The van der Waals surface area contributed by atoms with E-state index >= 15 is 0 Å². The lowest BCUT2D eigenvalue weighted by Crippen LogP contribution is -2.36. The molecule has 0 radical (unpaired) electrons. The summed E-state index contributed by atoms with van der Waals surface area (Å²) < 4.78 is 61.4. The van der Waals surface area contributed by atoms with E-state index in [1.807, 2.05) is 0 Å². The minimum Gasteiger partial charge on any atom is -0.493 e. The average molecular weight is 687 g/mol. The molecular weight excluding hydrogens is 656 g/mol. The van der Waals surface area contributed by atoms with E-state index in [0.717, 1.165) is 0 Å². The second-order valence-electron chi connectivity index (χ2n) is 9.27. The molecule has 19 heteroatoms. The van der Waals surface area contributed by atoms with Gasteiger partial charge in [0.1, 0.15) is 13.2 Å². The Bertz CT molecular complexity index is 1800. The number of benzene rings is 1. The zero-order chi connectivity index (χ0) is 34.5. The molecule has 0 amide bonds. The topological polar surface area (TPSA) is 214 Å². The number of anilines is 1. The Hall–Kier alpha value is -5.82. The first-order chi connectivity index (χ1) is 23.1. The molecule has 0 N–H and O–H groups in total. The average Bonchev–Trinajstić information content (AvgIpc) is 3.09. The predicted molar refractivity (Wildman–Crippen MR) is 165 cm³/mol. The van der Waals surface area contributed by atoms with Gasteiger partial charge in [-0.05, 0) is 42.8 Å². The second-order valence-corrected chi connectivity index (χ2v) is 11.1. The third-order valence-corrected chi connectivity index (χ3v) is 7.70. The van der Waals surface area contributed by atoms with Gasteiger partial charge in [-0.2, -0.15) is 13.4 Å². The Labute approximate surface area is 274 Å². The number of carbonyl (C=O) groups is 1. The van der Waals surface area contributed by atoms with E-state index < -0.39 is 33.0 Å². The molecule has 0 fully saturated rings. The minimum atomic E-state index is -4.64. The van der Waals surface area contributed by atoms with Crippen molar-refractivity contribution in [2.75, 3.05) is 51.7 Å². The highest BCUT2D eigenvalue weighted by atomic mass is 32.2. The van der Waals surface area contributed by atoms with Crippen molar-refractivity contribution in [1.29, 1.82) is 0 Å². The molecule has 254 valence electrons. The summed E-state index contributed by atoms with van der Waals surface area (Å²) in [4.78, 5) is 43.9. The zero-order valence-electron chi connectivity index (χ0n) is 25.9. The summed E-state index contributed by atoms with van der Waals surface area (Å²) in [5.41, 5.74) is 1.14. The third kappa shape index (κ3) is 9.13. The van der Waals surface area contributed by atoms with Crippen molar-refractivity contribution in [3.8, 4) is 34.5 Å². The maximum atomic E-state index is 14.2. The highest BCUT2D eigenvalue weighted by molar-refractivity contribution is 7.92. The molecule has 0 aliphatic carbocycles. The van der Waals surface area contributed by atoms with Crippen molar-refractivity contribution >= 4 is 22.0 Å². The number of hydrogen-bond donors (Lipinski definition) is 0. The molecule has 1 aromatic carbocycles. The molecular formula is C29H30N6O12S. The van der Waals surface area contributed by atoms with E-state index in [4.69, 9.17) is 28.4 Å². The van der Waals surface area contributed by atoms with Crippen molar-refractivity contribution in [3.05, 3.63) is 82.8 Å². The molecule has 3 aromatic heterocycles. The summed E-state index contributed by atoms with van der Waals surface area (Å²) in [5.74, 6) is -0.341. The fourth-order valence-electron chi connectivity index (χ4n) is 3.83. The summed E-state index contributed by atoms with van der Waals surface area (Å²) >= 11 is 0. The molecule has 3 heterocycles. The highest BCUT2D eigenvalue weighted by Crippen LogP contribution is 2.43. The SMILES string of the molecule is COc1ccccc1Oc1c(OC)nc(-c2ccncc2)nc1N(COC(=O)OCCOCCO[N+](=O)[O-])S(=O)(=O)c1ccc(C)cn1. The van der Waals surface area contributed by atoms with Crippen LogP contribution in [0, 0.1) is 17.0 Å². The van der Waals surface area contributed by atoms with Crippen LogP contribution in [0.3, 0.4) is 0 Å². The summed E-state index contributed by atoms with van der Waals surface area (Å²) in [6.45, 7) is -0.166. The number of ether oxygens (including phenoxy) is 6. The molecule has 0 aliphatic heterocycles. The maximum Gasteiger partial charge on any atom is 0.510 e. The first-order valence-electron chi connectivity index (χ1n) is 13.9. The fraction of sp³-hybridized carbons (Fsp3) is 0.276. The smallest absolute Gasteiger partial charge is 0.493 e. The number of hydrogen-bond acceptors (Lipinski definition) is 16. The lowest BCUT2D eigenvalue weighted by Gasteiger charge is -2.25. The van der Waals surface area contributed by atoms with Gasteiger partial charge >= 0.3 is 6.16 Å². The van der Waals surface area contributed by atoms with Crippen LogP contribution in [-0.4, -0.2) is 87.0 Å². The third-order valence-electron chi connectivity index (χ3n) is 6.08. The normalized spacial score (nSPS) is 10.9. The lowest BCUT2D eigenvalue weighted by molar-refractivity contribution is -0.758. The molecule has 0 aliphatic rings. The summed E-state index contributed by atoms with van der Waals surface area (Å²) in [6, 6.07) is 12.6. The monoisotopic (exact) mass is 686 g/mol. The molecule has 4 aromatic rings. The van der Waals surface area contributed by atoms with Gasteiger partial charge in [0, 0.05) is 24.2 Å². The molecule has 48 heavy (non-hydrogen) atoms. The molecule has 18 nitrogen and oxygen atoms in total. The van der Waals surface area contributed by atoms with Crippen molar-refractivity contribution in [3.63, 3.8) is 0 Å². The summed E-state index contributed by atoms with van der Waals surface area (Å²) in [7, 11) is -1.91. The van der Waals surface area contributed by atoms with Crippen molar-refractivity contribution in [2.24, 2.45) is 0 Å². The molecule has 0 saturated carbocycles. The Kier molecular flexibility index (Phi) is 12.2. The number of aromatic nitrogens is 4. The quantitative estimate of drug-likeness (QED) is 0.0510. The van der Waals surface area contributed by atoms with Crippen LogP contribution in [0.15, 0.2) is 72.1 Å². The van der Waals surface area contributed by atoms with Crippen molar-refractivity contribution < 1.29 is 51.6 Å². The van der Waals surface area contributed by atoms with Gasteiger partial charge in [-0.3, -0.25) is 4.98 Å². The first-order valence-corrected chi connectivity index (χ1v) is 15.3. The van der Waals surface area contributed by atoms with E-state index in [9.17, 15) is 23.3 Å². The van der Waals surface area contributed by atoms with Gasteiger partial charge in [-0.1, -0.05) is 18.2 Å². The zero-order valence-corrected chi connectivity index (χ0v) is 26.7. The van der Waals surface area contributed by atoms with Crippen LogP contribution >= 0.6 is 0 Å². The number of aryl methyl sites for hydroxylation is 1. The number of sulfonamides is 1. The summed E-state index contributed by atoms with van der Waals surface area (Å²) in [5, 5.41) is 8.84. The van der Waals surface area contributed by atoms with Crippen molar-refractivity contribution in [1.82, 2.24) is 19.9 Å². The molecule has 0 unspecified atom stereocenters. The van der Waals surface area contributed by atoms with Gasteiger partial charge in [0.15, 0.2) is 34.9 Å². The van der Waals surface area contributed by atoms with Gasteiger partial charge in [0.05, 0.1) is 27.4 Å². The number of rotatable bonds is 17. The van der Waals surface area contributed by atoms with Gasteiger partial charge in [0.2, 0.25) is 5.75 Å². The Balaban J connectivity index is 1.74. The largest absolute Gasteiger partial charge is 0.510 e. The number of carbonyl (C=O) groups excluding carboxylic acids is 1. The fourth-order valence-corrected chi connectivity index (χ4v) is 5.03. The Morgan fingerprint density at radius 1 is 0.917 bits per heavy atom. The molecule has 0 bridgehead atoms. The number of methoxy groups -OCH3 is 2. The van der Waals surface area contributed by atoms with Crippen LogP contribution in [0.1, 0.15) is 5.56 Å². The number of para-hydroxylation sites is 2. The number of nitrogens with zero attached hydrogens (tertiary/aromatic N) is 6. The van der Waals surface area contributed by atoms with Crippen LogP contribution in [-0.2, 0) is 29.1 Å². The Morgan fingerprint density at radius 2 is 1.65 bits per heavy atom. The van der Waals surface area contributed by atoms with Crippen LogP contribution < -0.4 is 18.5 Å². The van der Waals surface area contributed by atoms with Crippen LogP contribution in [0.4, 0.5) is 10.6 Å². The van der Waals surface area contributed by atoms with Crippen LogP contribution in [0.2, 0.25) is 0 Å². The van der Waals surface area contributed by atoms with E-state index in [1.165, 1.54) is 38.9 Å². The van der Waals surface area contributed by atoms with Gasteiger partial charge in [-0.25, -0.2) is 19.1 Å². The Morgan fingerprint density at radius 3 is 2.31 bits per heavy atom. The summed E-state index contributed by atoms with van der Waals surface area (Å²) in [6.07, 6.45) is 3.08. The van der Waals surface area contributed by atoms with Gasteiger partial charge < -0.3 is 33.3 Å². The first kappa shape index (κ1) is 35.0. The van der Waals surface area contributed by atoms with E-state index in [-0.39, 0.29) is 55.4 Å². The maximum absolute atomic E-state index is 14.2. The van der Waals surface area contributed by atoms with Crippen molar-refractivity contribution in [2.45, 2.75) is 11.9 Å². The van der Waals surface area contributed by atoms with Crippen LogP contribution in [0.25, 0.3) is 11.4 Å².